The van der Waals surface area contributed by atoms with Gasteiger partial charge in [0.15, 0.2) is 0 Å². The van der Waals surface area contributed by atoms with Gasteiger partial charge in [-0.25, -0.2) is 14.5 Å². The number of nitrogens with zero attached hydrogens (tertiary/aromatic N) is 3. The van der Waals surface area contributed by atoms with Crippen molar-refractivity contribution in [3.63, 3.8) is 0 Å². The van der Waals surface area contributed by atoms with Crippen molar-refractivity contribution in [3.05, 3.63) is 91.6 Å². The molecule has 2 aromatic carbocycles. The minimum absolute atomic E-state index is 0.0414. The predicted octanol–water partition coefficient (Wildman–Crippen LogP) is 2.66. The summed E-state index contributed by atoms with van der Waals surface area (Å²) in [4.78, 5) is 44.1. The van der Waals surface area contributed by atoms with Crippen molar-refractivity contribution in [1.82, 2.24) is 14.3 Å². The molecule has 1 aliphatic rings. The second kappa shape index (κ2) is 7.35. The highest BCUT2D eigenvalue weighted by Gasteiger charge is 2.40. The molecule has 0 saturated carbocycles. The fourth-order valence-electron chi connectivity index (χ4n) is 4.13. The highest BCUT2D eigenvalue weighted by molar-refractivity contribution is 6.30. The van der Waals surface area contributed by atoms with Gasteiger partial charge < -0.3 is 10.5 Å². The largest absolute Gasteiger partial charge is 0.462 e. The zero-order valence-electron chi connectivity index (χ0n) is 16.9. The van der Waals surface area contributed by atoms with E-state index in [1.165, 1.54) is 0 Å². The number of pyridine rings is 1. The second-order valence-electron chi connectivity index (χ2n) is 7.30. The van der Waals surface area contributed by atoms with Crippen molar-refractivity contribution < 1.29 is 9.53 Å². The van der Waals surface area contributed by atoms with Crippen molar-refractivity contribution in [1.29, 1.82) is 0 Å². The number of rotatable bonds is 3. The minimum Gasteiger partial charge on any atom is -0.462 e. The maximum absolute atomic E-state index is 13.5. The average Bonchev–Trinajstić information content (AvgIpc) is 3.10. The van der Waals surface area contributed by atoms with Crippen LogP contribution in [0.4, 0.5) is 0 Å². The number of carbonyl (C=O) groups is 1. The number of hydrogen-bond acceptors (Lipinski definition) is 6. The van der Waals surface area contributed by atoms with Gasteiger partial charge in [0.2, 0.25) is 0 Å². The summed E-state index contributed by atoms with van der Waals surface area (Å²) in [7, 11) is 0. The predicted molar refractivity (Wildman–Crippen MR) is 121 cm³/mol. The van der Waals surface area contributed by atoms with E-state index in [1.54, 1.807) is 43.3 Å². The molecule has 1 atom stereocenters. The van der Waals surface area contributed by atoms with Crippen LogP contribution in [0.1, 0.15) is 18.5 Å². The number of benzene rings is 2. The zero-order chi connectivity index (χ0) is 22.6. The minimum atomic E-state index is -1.08. The number of halogens is 1. The number of para-hydroxylation sites is 1. The van der Waals surface area contributed by atoms with Crippen molar-refractivity contribution in [2.24, 2.45) is 5.73 Å². The van der Waals surface area contributed by atoms with E-state index in [0.717, 1.165) is 14.7 Å². The Kier molecular flexibility index (Phi) is 4.60. The van der Waals surface area contributed by atoms with Crippen molar-refractivity contribution in [2.75, 3.05) is 6.61 Å². The van der Waals surface area contributed by atoms with Gasteiger partial charge in [-0.3, -0.25) is 9.59 Å². The van der Waals surface area contributed by atoms with Crippen LogP contribution in [0.3, 0.4) is 0 Å². The molecular weight excluding hydrogens is 432 g/mol. The van der Waals surface area contributed by atoms with Crippen LogP contribution in [0.25, 0.3) is 27.5 Å². The Morgan fingerprint density at radius 2 is 1.75 bits per heavy atom. The van der Waals surface area contributed by atoms with Gasteiger partial charge in [-0.15, -0.1) is 0 Å². The van der Waals surface area contributed by atoms with Crippen LogP contribution in [0.5, 0.6) is 0 Å². The van der Waals surface area contributed by atoms with Crippen LogP contribution in [0.15, 0.2) is 69.8 Å². The first-order valence-corrected chi connectivity index (χ1v) is 10.3. The lowest BCUT2D eigenvalue weighted by Crippen LogP contribution is -2.38. The molecule has 0 radical (unpaired) electrons. The molecule has 32 heavy (non-hydrogen) atoms. The normalized spacial score (nSPS) is 15.4. The number of aromatic nitrogens is 3. The topological polar surface area (TPSA) is 109 Å². The first-order valence-electron chi connectivity index (χ1n) is 9.93. The fraction of sp³-hybridized carbons (Fsp3) is 0.130. The summed E-state index contributed by atoms with van der Waals surface area (Å²) in [5, 5.41) is 1.25. The van der Waals surface area contributed by atoms with Gasteiger partial charge in [0.05, 0.1) is 22.9 Å². The van der Waals surface area contributed by atoms with Crippen molar-refractivity contribution in [3.8, 4) is 0 Å². The van der Waals surface area contributed by atoms with E-state index in [1.807, 2.05) is 18.2 Å². The molecule has 0 aliphatic carbocycles. The van der Waals surface area contributed by atoms with Gasteiger partial charge >= 0.3 is 5.97 Å². The summed E-state index contributed by atoms with van der Waals surface area (Å²) in [6, 6.07) is 14.4. The second-order valence-corrected chi connectivity index (χ2v) is 7.65. The maximum atomic E-state index is 13.5. The lowest BCUT2D eigenvalue weighted by atomic mass is 9.99. The molecule has 1 unspecified atom stereocenters. The summed E-state index contributed by atoms with van der Waals surface area (Å²) in [5.41, 5.74) is 6.25. The third-order valence-electron chi connectivity index (χ3n) is 5.52. The zero-order valence-corrected chi connectivity index (χ0v) is 17.7. The molecule has 5 rings (SSSR count). The summed E-state index contributed by atoms with van der Waals surface area (Å²) in [6.45, 7) is 1.75. The Morgan fingerprint density at radius 1 is 1.09 bits per heavy atom. The molecule has 9 heteroatoms. The summed E-state index contributed by atoms with van der Waals surface area (Å²) in [5.74, 6) is -0.913. The number of hydrogen-bond donors (Lipinski definition) is 1. The summed E-state index contributed by atoms with van der Waals surface area (Å²) >= 11 is 6.53. The molecule has 0 bridgehead atoms. The van der Waals surface area contributed by atoms with Gasteiger partial charge in [0.25, 0.3) is 11.1 Å². The van der Waals surface area contributed by atoms with E-state index in [-0.39, 0.29) is 33.9 Å². The van der Waals surface area contributed by atoms with Gasteiger partial charge in [0, 0.05) is 10.9 Å². The summed E-state index contributed by atoms with van der Waals surface area (Å²) in [6.07, 6.45) is 0. The van der Waals surface area contributed by atoms with E-state index >= 15 is 0 Å². The fourth-order valence-corrected chi connectivity index (χ4v) is 4.38. The Hall–Kier alpha value is -3.91. The Morgan fingerprint density at radius 3 is 2.47 bits per heavy atom. The molecule has 2 aromatic heterocycles. The standard InChI is InChI=1S/C23H17ClN4O4/c1-2-32-23(31)17-18(15-11-12-7-3-6-10-16(12)26-19(15)24)27-21(29)13-8-4-5-9-14(13)22(30)28(27)20(17)25/h3-11,18H,2,25H2,1H3. The highest BCUT2D eigenvalue weighted by Crippen LogP contribution is 2.37. The van der Waals surface area contributed by atoms with E-state index in [2.05, 4.69) is 4.98 Å². The molecule has 0 amide bonds. The molecule has 3 heterocycles. The smallest absolute Gasteiger partial charge is 0.340 e. The number of nitrogens with two attached hydrogens (primary N) is 1. The van der Waals surface area contributed by atoms with E-state index in [4.69, 9.17) is 22.1 Å². The molecule has 0 spiro atoms. The maximum Gasteiger partial charge on any atom is 0.340 e. The Labute approximate surface area is 186 Å². The number of fused-ring (bicyclic) bond motifs is 3. The lowest BCUT2D eigenvalue weighted by molar-refractivity contribution is -0.138. The van der Waals surface area contributed by atoms with Crippen LogP contribution in [-0.4, -0.2) is 26.9 Å². The molecule has 160 valence electrons. The first-order chi connectivity index (χ1) is 15.4. The number of carbonyl (C=O) groups excluding carboxylic acids is 1. The molecule has 0 saturated heterocycles. The van der Waals surface area contributed by atoms with Crippen LogP contribution in [0, 0.1) is 0 Å². The molecule has 4 aromatic rings. The van der Waals surface area contributed by atoms with Crippen LogP contribution in [0.2, 0.25) is 5.15 Å². The SMILES string of the molecule is CCOC(=O)C1=C(N)n2c(=O)c3ccccc3c(=O)n2C1c1cc2ccccc2nc1Cl. The third kappa shape index (κ3) is 2.76. The Bertz CT molecular complexity index is 1590. The van der Waals surface area contributed by atoms with Gasteiger partial charge in [-0.2, -0.15) is 4.68 Å². The van der Waals surface area contributed by atoms with Gasteiger partial charge in [0.1, 0.15) is 22.6 Å². The molecule has 8 nitrogen and oxygen atoms in total. The number of ether oxygens (including phenoxy) is 1. The monoisotopic (exact) mass is 448 g/mol. The molecule has 2 N–H and O–H groups in total. The van der Waals surface area contributed by atoms with E-state index in [9.17, 15) is 14.4 Å². The number of esters is 1. The first kappa shape index (κ1) is 20.0. The van der Waals surface area contributed by atoms with Crippen LogP contribution < -0.4 is 16.9 Å². The van der Waals surface area contributed by atoms with E-state index < -0.39 is 23.1 Å². The highest BCUT2D eigenvalue weighted by atomic mass is 35.5. The molecule has 1 aliphatic heterocycles. The molecular formula is C23H17ClN4O4. The lowest BCUT2D eigenvalue weighted by Gasteiger charge is -2.19. The average molecular weight is 449 g/mol. The van der Waals surface area contributed by atoms with E-state index in [0.29, 0.717) is 11.1 Å². The Balaban J connectivity index is 1.90. The van der Waals surface area contributed by atoms with Gasteiger partial charge in [-0.1, -0.05) is 41.9 Å². The quantitative estimate of drug-likeness (QED) is 0.381. The van der Waals surface area contributed by atoms with Crippen molar-refractivity contribution in [2.45, 2.75) is 13.0 Å². The van der Waals surface area contributed by atoms with Crippen LogP contribution >= 0.6 is 11.6 Å². The van der Waals surface area contributed by atoms with Gasteiger partial charge in [-0.05, 0) is 31.2 Å². The van der Waals surface area contributed by atoms with Crippen molar-refractivity contribution >= 4 is 45.1 Å². The third-order valence-corrected chi connectivity index (χ3v) is 5.82. The molecule has 0 fully saturated rings. The van der Waals surface area contributed by atoms with Crippen LogP contribution in [-0.2, 0) is 9.53 Å². The summed E-state index contributed by atoms with van der Waals surface area (Å²) < 4.78 is 7.39.